The molecule has 1 aromatic rings. The van der Waals surface area contributed by atoms with Crippen LogP contribution in [0.15, 0.2) is 24.3 Å². The second kappa shape index (κ2) is 3.08. The van der Waals surface area contributed by atoms with E-state index < -0.39 is 0 Å². The molecule has 2 heterocycles. The predicted octanol–water partition coefficient (Wildman–Crippen LogP) is 1.65. The van der Waals surface area contributed by atoms with Crippen molar-refractivity contribution in [3.8, 4) is 0 Å². The maximum atomic E-state index is 12.2. The zero-order chi connectivity index (χ0) is 11.3. The number of likely N-dealkylation sites (N-methyl/N-ethyl adjacent to an activating group) is 1. The van der Waals surface area contributed by atoms with Crippen LogP contribution in [0.5, 0.6) is 0 Å². The maximum absolute atomic E-state index is 12.2. The Labute approximate surface area is 95.7 Å². The fourth-order valence-electron chi connectivity index (χ4n) is 3.14. The Bertz CT molecular complexity index is 457. The van der Waals surface area contributed by atoms with Crippen molar-refractivity contribution in [1.82, 2.24) is 9.80 Å². The van der Waals surface area contributed by atoms with Gasteiger partial charge in [0.25, 0.3) is 5.91 Å². The Hall–Kier alpha value is -1.35. The molecule has 1 aromatic carbocycles. The Morgan fingerprint density at radius 1 is 1.31 bits per heavy atom. The average molecular weight is 216 g/mol. The van der Waals surface area contributed by atoms with Gasteiger partial charge in [-0.1, -0.05) is 25.1 Å². The molecule has 3 heteroatoms. The van der Waals surface area contributed by atoms with Crippen LogP contribution in [0.4, 0.5) is 0 Å². The summed E-state index contributed by atoms with van der Waals surface area (Å²) in [4.78, 5) is 16.6. The predicted molar refractivity (Wildman–Crippen MR) is 62.1 cm³/mol. The lowest BCUT2D eigenvalue weighted by molar-refractivity contribution is 0.0366. The average Bonchev–Trinajstić information content (AvgIpc) is 2.75. The highest BCUT2D eigenvalue weighted by Crippen LogP contribution is 2.44. The molecule has 3 rings (SSSR count). The number of nitrogens with zero attached hydrogens (tertiary/aromatic N) is 2. The van der Waals surface area contributed by atoms with Crippen LogP contribution in [-0.4, -0.2) is 35.3 Å². The van der Waals surface area contributed by atoms with Crippen molar-refractivity contribution < 1.29 is 4.79 Å². The summed E-state index contributed by atoms with van der Waals surface area (Å²) in [6.45, 7) is 7.12. The van der Waals surface area contributed by atoms with Gasteiger partial charge in [0.05, 0.1) is 0 Å². The zero-order valence-electron chi connectivity index (χ0n) is 9.73. The van der Waals surface area contributed by atoms with E-state index in [0.29, 0.717) is 0 Å². The Balaban J connectivity index is 2.21. The summed E-state index contributed by atoms with van der Waals surface area (Å²) >= 11 is 0. The minimum absolute atomic E-state index is 0.189. The van der Waals surface area contributed by atoms with E-state index in [1.165, 1.54) is 5.56 Å². The summed E-state index contributed by atoms with van der Waals surface area (Å²) in [6.07, 6.45) is 0. The van der Waals surface area contributed by atoms with Gasteiger partial charge < -0.3 is 4.90 Å². The number of fused-ring (bicyclic) bond motifs is 3. The second-order valence-electron chi connectivity index (χ2n) is 4.60. The van der Waals surface area contributed by atoms with Crippen molar-refractivity contribution in [3.05, 3.63) is 35.4 Å². The van der Waals surface area contributed by atoms with Crippen LogP contribution >= 0.6 is 0 Å². The van der Waals surface area contributed by atoms with Gasteiger partial charge in [-0.15, -0.1) is 0 Å². The van der Waals surface area contributed by atoms with E-state index in [9.17, 15) is 4.79 Å². The minimum atomic E-state index is -0.206. The Kier molecular flexibility index (Phi) is 1.89. The van der Waals surface area contributed by atoms with E-state index in [1.54, 1.807) is 0 Å². The molecule has 0 saturated carbocycles. The van der Waals surface area contributed by atoms with E-state index >= 15 is 0 Å². The van der Waals surface area contributed by atoms with Crippen molar-refractivity contribution in [2.24, 2.45) is 0 Å². The van der Waals surface area contributed by atoms with Crippen molar-refractivity contribution >= 4 is 5.91 Å². The SMILES string of the molecule is CCN1CCN2C(=O)c3ccccc3C12C. The number of hydrogen-bond acceptors (Lipinski definition) is 2. The molecular weight excluding hydrogens is 200 g/mol. The van der Waals surface area contributed by atoms with Gasteiger partial charge in [0.1, 0.15) is 5.66 Å². The summed E-state index contributed by atoms with van der Waals surface area (Å²) < 4.78 is 0. The number of carbonyl (C=O) groups excluding carboxylic acids is 1. The number of amides is 1. The molecule has 0 aromatic heterocycles. The van der Waals surface area contributed by atoms with Gasteiger partial charge in [-0.25, -0.2) is 0 Å². The largest absolute Gasteiger partial charge is 0.315 e. The molecule has 0 radical (unpaired) electrons. The molecule has 16 heavy (non-hydrogen) atoms. The summed E-state index contributed by atoms with van der Waals surface area (Å²) in [5.74, 6) is 0.189. The monoisotopic (exact) mass is 216 g/mol. The van der Waals surface area contributed by atoms with Crippen molar-refractivity contribution in [2.75, 3.05) is 19.6 Å². The smallest absolute Gasteiger partial charge is 0.256 e. The molecule has 0 bridgehead atoms. The van der Waals surface area contributed by atoms with Crippen LogP contribution in [0.3, 0.4) is 0 Å². The Morgan fingerprint density at radius 2 is 2.06 bits per heavy atom. The van der Waals surface area contributed by atoms with Gasteiger partial charge in [0.15, 0.2) is 0 Å². The van der Waals surface area contributed by atoms with Gasteiger partial charge in [-0.3, -0.25) is 9.69 Å². The molecule has 0 spiro atoms. The molecule has 2 aliphatic heterocycles. The second-order valence-corrected chi connectivity index (χ2v) is 4.60. The van der Waals surface area contributed by atoms with Crippen molar-refractivity contribution in [1.29, 1.82) is 0 Å². The molecule has 1 atom stereocenters. The molecule has 1 unspecified atom stereocenters. The number of rotatable bonds is 1. The third kappa shape index (κ3) is 0.944. The number of carbonyl (C=O) groups is 1. The molecule has 2 aliphatic rings. The fourth-order valence-corrected chi connectivity index (χ4v) is 3.14. The van der Waals surface area contributed by atoms with Gasteiger partial charge >= 0.3 is 0 Å². The van der Waals surface area contributed by atoms with Crippen LogP contribution < -0.4 is 0 Å². The molecule has 84 valence electrons. The summed E-state index contributed by atoms with van der Waals surface area (Å²) in [5.41, 5.74) is 1.84. The first-order valence-electron chi connectivity index (χ1n) is 5.86. The minimum Gasteiger partial charge on any atom is -0.315 e. The molecule has 1 amide bonds. The third-order valence-electron chi connectivity index (χ3n) is 4.03. The Morgan fingerprint density at radius 3 is 2.81 bits per heavy atom. The maximum Gasteiger partial charge on any atom is 0.256 e. The number of benzene rings is 1. The highest BCUT2D eigenvalue weighted by atomic mass is 16.2. The lowest BCUT2D eigenvalue weighted by Gasteiger charge is -2.36. The van der Waals surface area contributed by atoms with E-state index in [0.717, 1.165) is 25.2 Å². The first-order valence-corrected chi connectivity index (χ1v) is 5.86. The van der Waals surface area contributed by atoms with E-state index in [-0.39, 0.29) is 11.6 Å². The topological polar surface area (TPSA) is 23.6 Å². The third-order valence-corrected chi connectivity index (χ3v) is 4.03. The van der Waals surface area contributed by atoms with Crippen LogP contribution in [0.25, 0.3) is 0 Å². The first kappa shape index (κ1) is 9.85. The zero-order valence-corrected chi connectivity index (χ0v) is 9.73. The summed E-state index contributed by atoms with van der Waals surface area (Å²) in [5, 5.41) is 0. The van der Waals surface area contributed by atoms with Crippen molar-refractivity contribution in [2.45, 2.75) is 19.5 Å². The standard InChI is InChI=1S/C13H16N2O/c1-3-14-8-9-15-12(16)10-6-4-5-7-11(10)13(14,15)2/h4-7H,3,8-9H2,1-2H3. The van der Waals surface area contributed by atoms with Gasteiger partial charge in [-0.2, -0.15) is 0 Å². The van der Waals surface area contributed by atoms with Gasteiger partial charge in [0.2, 0.25) is 0 Å². The van der Waals surface area contributed by atoms with Crippen LogP contribution in [0.2, 0.25) is 0 Å². The van der Waals surface area contributed by atoms with Crippen molar-refractivity contribution in [3.63, 3.8) is 0 Å². The van der Waals surface area contributed by atoms with Crippen LogP contribution in [0.1, 0.15) is 29.8 Å². The summed E-state index contributed by atoms with van der Waals surface area (Å²) in [7, 11) is 0. The fraction of sp³-hybridized carbons (Fsp3) is 0.462. The van der Waals surface area contributed by atoms with E-state index in [2.05, 4.69) is 24.8 Å². The lowest BCUT2D eigenvalue weighted by atomic mass is 9.99. The highest BCUT2D eigenvalue weighted by Gasteiger charge is 2.52. The quantitative estimate of drug-likeness (QED) is 0.712. The molecule has 1 fully saturated rings. The van der Waals surface area contributed by atoms with Crippen LogP contribution in [-0.2, 0) is 5.66 Å². The summed E-state index contributed by atoms with van der Waals surface area (Å²) in [6, 6.07) is 7.99. The lowest BCUT2D eigenvalue weighted by Crippen LogP contribution is -2.45. The van der Waals surface area contributed by atoms with Gasteiger partial charge in [-0.05, 0) is 19.5 Å². The molecule has 0 aliphatic carbocycles. The van der Waals surface area contributed by atoms with Gasteiger partial charge in [0, 0.05) is 24.2 Å². The molecule has 3 nitrogen and oxygen atoms in total. The van der Waals surface area contributed by atoms with E-state index in [4.69, 9.17) is 0 Å². The number of hydrogen-bond donors (Lipinski definition) is 0. The van der Waals surface area contributed by atoms with Crippen LogP contribution in [0, 0.1) is 0 Å². The first-order chi connectivity index (χ1) is 7.69. The molecule has 0 N–H and O–H groups in total. The molecular formula is C13H16N2O. The normalized spacial score (nSPS) is 28.4. The highest BCUT2D eigenvalue weighted by molar-refractivity contribution is 6.00. The van der Waals surface area contributed by atoms with E-state index in [1.807, 2.05) is 23.1 Å². The molecule has 1 saturated heterocycles.